The fourth-order valence-corrected chi connectivity index (χ4v) is 3.20. The smallest absolute Gasteiger partial charge is 0.410 e. The Morgan fingerprint density at radius 1 is 1.30 bits per heavy atom. The molecule has 8 heteroatoms. The molecule has 2 heterocycles. The summed E-state index contributed by atoms with van der Waals surface area (Å²) in [5.41, 5.74) is 3.14. The van der Waals surface area contributed by atoms with E-state index in [9.17, 15) is 4.79 Å². The van der Waals surface area contributed by atoms with Crippen molar-refractivity contribution in [1.29, 1.82) is 0 Å². The minimum absolute atomic E-state index is 0.175. The average Bonchev–Trinajstić information content (AvgIpc) is 2.86. The molecule has 0 atom stereocenters. The molecule has 8 nitrogen and oxygen atoms in total. The van der Waals surface area contributed by atoms with E-state index in [1.165, 1.54) is 11.3 Å². The van der Waals surface area contributed by atoms with Crippen LogP contribution in [0.15, 0.2) is 4.99 Å². The number of amides is 1. The summed E-state index contributed by atoms with van der Waals surface area (Å²) in [5.74, 6) is 0.733. The van der Waals surface area contributed by atoms with Gasteiger partial charge in [-0.3, -0.25) is 9.67 Å². The van der Waals surface area contributed by atoms with Crippen molar-refractivity contribution in [3.05, 3.63) is 17.0 Å². The zero-order valence-electron chi connectivity index (χ0n) is 17.7. The second-order valence-electron chi connectivity index (χ2n) is 7.86. The predicted molar refractivity (Wildman–Crippen MR) is 107 cm³/mol. The van der Waals surface area contributed by atoms with E-state index in [4.69, 9.17) is 4.74 Å². The lowest BCUT2D eigenvalue weighted by atomic mass is 10.1. The predicted octanol–water partition coefficient (Wildman–Crippen LogP) is 1.83. The fourth-order valence-electron chi connectivity index (χ4n) is 3.20. The third-order valence-electron chi connectivity index (χ3n) is 4.56. The number of hydrogen-bond donors (Lipinski definition) is 2. The summed E-state index contributed by atoms with van der Waals surface area (Å²) in [7, 11) is 3.75. The summed E-state index contributed by atoms with van der Waals surface area (Å²) >= 11 is 0. The number of aryl methyl sites for hydroxylation is 2. The highest BCUT2D eigenvalue weighted by molar-refractivity contribution is 5.80. The first-order valence-electron chi connectivity index (χ1n) is 9.67. The maximum Gasteiger partial charge on any atom is 0.410 e. The van der Waals surface area contributed by atoms with Crippen LogP contribution in [0.25, 0.3) is 0 Å². The minimum Gasteiger partial charge on any atom is -0.444 e. The first-order chi connectivity index (χ1) is 12.7. The number of aromatic nitrogens is 2. The summed E-state index contributed by atoms with van der Waals surface area (Å²) in [6.07, 6.45) is 1.59. The quantitative estimate of drug-likeness (QED) is 0.603. The van der Waals surface area contributed by atoms with E-state index in [0.717, 1.165) is 24.5 Å². The second-order valence-corrected chi connectivity index (χ2v) is 7.86. The SMILES string of the molecule is CCc1nn(C)c(CC)c1CNC(=NC)NC1CN(C(=O)OC(C)(C)C)C1. The van der Waals surface area contributed by atoms with E-state index in [1.54, 1.807) is 11.9 Å². The number of likely N-dealkylation sites (tertiary alicyclic amines) is 1. The Hall–Kier alpha value is -2.25. The van der Waals surface area contributed by atoms with Gasteiger partial charge in [-0.2, -0.15) is 5.10 Å². The number of guanidine groups is 1. The first kappa shape index (κ1) is 21.1. The molecule has 2 N–H and O–H groups in total. The maximum absolute atomic E-state index is 12.0. The van der Waals surface area contributed by atoms with Gasteiger partial charge in [0.15, 0.2) is 5.96 Å². The zero-order valence-corrected chi connectivity index (χ0v) is 17.7. The van der Waals surface area contributed by atoms with Crippen molar-refractivity contribution in [2.75, 3.05) is 20.1 Å². The molecule has 1 aliphatic rings. The van der Waals surface area contributed by atoms with E-state index < -0.39 is 5.60 Å². The summed E-state index contributed by atoms with van der Waals surface area (Å²) in [6, 6.07) is 0.175. The maximum atomic E-state index is 12.0. The number of ether oxygens (including phenoxy) is 1. The van der Waals surface area contributed by atoms with E-state index in [1.807, 2.05) is 32.5 Å². The van der Waals surface area contributed by atoms with Gasteiger partial charge < -0.3 is 20.3 Å². The van der Waals surface area contributed by atoms with Gasteiger partial charge in [0.25, 0.3) is 0 Å². The Morgan fingerprint density at radius 3 is 2.48 bits per heavy atom. The van der Waals surface area contributed by atoms with Crippen LogP contribution in [0.3, 0.4) is 0 Å². The van der Waals surface area contributed by atoms with Gasteiger partial charge in [0.05, 0.1) is 11.7 Å². The Bertz CT molecular complexity index is 683. The Kier molecular flexibility index (Phi) is 6.73. The minimum atomic E-state index is -0.467. The first-order valence-corrected chi connectivity index (χ1v) is 9.67. The van der Waals surface area contributed by atoms with Gasteiger partial charge in [-0.05, 0) is 33.6 Å². The summed E-state index contributed by atoms with van der Waals surface area (Å²) in [6.45, 7) is 11.8. The van der Waals surface area contributed by atoms with Crippen molar-refractivity contribution in [3.63, 3.8) is 0 Å². The molecular formula is C19H34N6O2. The molecule has 1 amide bonds. The lowest BCUT2D eigenvalue weighted by Crippen LogP contribution is -2.63. The normalized spacial score (nSPS) is 15.5. The standard InChI is InChI=1S/C19H34N6O2/c1-8-15-14(16(9-2)24(7)23-15)10-21-17(20-6)22-13-11-25(12-13)18(26)27-19(3,4)5/h13H,8-12H2,1-7H3,(H2,20,21,22). The molecule has 27 heavy (non-hydrogen) atoms. The number of carbonyl (C=O) groups is 1. The van der Waals surface area contributed by atoms with Crippen LogP contribution in [0.2, 0.25) is 0 Å². The van der Waals surface area contributed by atoms with Crippen LogP contribution in [0, 0.1) is 0 Å². The van der Waals surface area contributed by atoms with Gasteiger partial charge in [0.1, 0.15) is 5.60 Å². The Labute approximate surface area is 162 Å². The molecule has 1 aliphatic heterocycles. The van der Waals surface area contributed by atoms with E-state index in [2.05, 4.69) is 34.6 Å². The number of nitrogens with zero attached hydrogens (tertiary/aromatic N) is 4. The lowest BCUT2D eigenvalue weighted by Gasteiger charge is -2.40. The van der Waals surface area contributed by atoms with Crippen LogP contribution in [-0.2, 0) is 31.2 Å². The molecule has 152 valence electrons. The molecule has 1 fully saturated rings. The van der Waals surface area contributed by atoms with Crippen LogP contribution in [-0.4, -0.2) is 58.5 Å². The van der Waals surface area contributed by atoms with Gasteiger partial charge >= 0.3 is 6.09 Å². The monoisotopic (exact) mass is 378 g/mol. The van der Waals surface area contributed by atoms with Crippen LogP contribution in [0.5, 0.6) is 0 Å². The molecule has 1 aromatic rings. The topological polar surface area (TPSA) is 83.8 Å². The number of carbonyl (C=O) groups excluding carboxylic acids is 1. The highest BCUT2D eigenvalue weighted by Gasteiger charge is 2.34. The van der Waals surface area contributed by atoms with E-state index in [0.29, 0.717) is 19.6 Å². The van der Waals surface area contributed by atoms with Crippen LogP contribution in [0.4, 0.5) is 4.79 Å². The molecule has 0 unspecified atom stereocenters. The molecule has 0 aromatic carbocycles. The highest BCUT2D eigenvalue weighted by Crippen LogP contribution is 2.16. The zero-order chi connectivity index (χ0) is 20.2. The van der Waals surface area contributed by atoms with Gasteiger partial charge in [0.2, 0.25) is 0 Å². The number of rotatable bonds is 5. The number of hydrogen-bond acceptors (Lipinski definition) is 4. The van der Waals surface area contributed by atoms with Crippen molar-refractivity contribution in [2.24, 2.45) is 12.0 Å². The molecule has 2 rings (SSSR count). The van der Waals surface area contributed by atoms with Crippen molar-refractivity contribution in [1.82, 2.24) is 25.3 Å². The molecule has 0 radical (unpaired) electrons. The third-order valence-corrected chi connectivity index (χ3v) is 4.56. The van der Waals surface area contributed by atoms with Crippen LogP contribution < -0.4 is 10.6 Å². The molecule has 0 aliphatic carbocycles. The number of nitrogens with one attached hydrogen (secondary N) is 2. The Balaban J connectivity index is 1.86. The van der Waals surface area contributed by atoms with Crippen LogP contribution >= 0.6 is 0 Å². The fraction of sp³-hybridized carbons (Fsp3) is 0.737. The molecule has 0 saturated carbocycles. The van der Waals surface area contributed by atoms with Gasteiger partial charge in [-0.1, -0.05) is 13.8 Å². The summed E-state index contributed by atoms with van der Waals surface area (Å²) in [5, 5.41) is 11.4. The summed E-state index contributed by atoms with van der Waals surface area (Å²) in [4.78, 5) is 18.0. The van der Waals surface area contributed by atoms with E-state index >= 15 is 0 Å². The molecular weight excluding hydrogens is 344 g/mol. The van der Waals surface area contributed by atoms with Crippen LogP contribution in [0.1, 0.15) is 51.6 Å². The molecule has 1 aromatic heterocycles. The second kappa shape index (κ2) is 8.63. The Morgan fingerprint density at radius 2 is 1.96 bits per heavy atom. The summed E-state index contributed by atoms with van der Waals surface area (Å²) < 4.78 is 7.35. The van der Waals surface area contributed by atoms with Crippen molar-refractivity contribution >= 4 is 12.1 Å². The molecule has 0 bridgehead atoms. The average molecular weight is 379 g/mol. The largest absolute Gasteiger partial charge is 0.444 e. The van der Waals surface area contributed by atoms with Gasteiger partial charge in [-0.25, -0.2) is 4.79 Å². The number of aliphatic imine (C=N–C) groups is 1. The van der Waals surface area contributed by atoms with E-state index in [-0.39, 0.29) is 12.1 Å². The molecule has 1 saturated heterocycles. The van der Waals surface area contributed by atoms with Crippen molar-refractivity contribution in [2.45, 2.75) is 65.6 Å². The van der Waals surface area contributed by atoms with Crippen molar-refractivity contribution < 1.29 is 9.53 Å². The van der Waals surface area contributed by atoms with Gasteiger partial charge in [0, 0.05) is 45.0 Å². The highest BCUT2D eigenvalue weighted by atomic mass is 16.6. The van der Waals surface area contributed by atoms with Crippen molar-refractivity contribution in [3.8, 4) is 0 Å². The lowest BCUT2D eigenvalue weighted by molar-refractivity contribution is 0.00701. The third kappa shape index (κ3) is 5.37. The molecule has 0 spiro atoms. The van der Waals surface area contributed by atoms with Gasteiger partial charge in [-0.15, -0.1) is 0 Å².